The molecule has 9 heteroatoms. The van der Waals surface area contributed by atoms with E-state index in [0.29, 0.717) is 6.54 Å². The van der Waals surface area contributed by atoms with Gasteiger partial charge < -0.3 is 5.11 Å². The lowest BCUT2D eigenvalue weighted by Gasteiger charge is -2.12. The zero-order valence-electron chi connectivity index (χ0n) is 9.54. The summed E-state index contributed by atoms with van der Waals surface area (Å²) in [6.07, 6.45) is 3.90. The van der Waals surface area contributed by atoms with Crippen LogP contribution in [0.1, 0.15) is 23.3 Å². The van der Waals surface area contributed by atoms with Gasteiger partial charge in [0, 0.05) is 11.3 Å². The normalized spacial score (nSPS) is 17.6. The Balaban J connectivity index is 2.15. The Bertz CT molecular complexity index is 562. The van der Waals surface area contributed by atoms with Crippen molar-refractivity contribution >= 4 is 39.1 Å². The number of thiazole rings is 1. The predicted molar refractivity (Wildman–Crippen MR) is 69.7 cm³/mol. The highest BCUT2D eigenvalue weighted by molar-refractivity contribution is 8.00. The molecule has 0 saturated heterocycles. The standard InChI is InChI=1S/C9H12N2O4S3/c1-16-9(2-3-9)4-11-18(14,15)8-6(7(12)13)10-5-17-8/h5,11H,2-4H2,1H3,(H,12,13). The lowest BCUT2D eigenvalue weighted by Crippen LogP contribution is -2.32. The Hall–Kier alpha value is -0.640. The van der Waals surface area contributed by atoms with Crippen LogP contribution in [0.4, 0.5) is 0 Å². The van der Waals surface area contributed by atoms with Gasteiger partial charge in [-0.3, -0.25) is 0 Å². The van der Waals surface area contributed by atoms with Crippen LogP contribution in [0.25, 0.3) is 0 Å². The molecule has 1 fully saturated rings. The van der Waals surface area contributed by atoms with Gasteiger partial charge in [0.05, 0.1) is 5.51 Å². The number of aromatic nitrogens is 1. The predicted octanol–water partition coefficient (Wildman–Crippen LogP) is 1.02. The summed E-state index contributed by atoms with van der Waals surface area (Å²) in [5.41, 5.74) is 0.806. The summed E-state index contributed by atoms with van der Waals surface area (Å²) >= 11 is 2.45. The van der Waals surface area contributed by atoms with E-state index in [1.165, 1.54) is 5.51 Å². The van der Waals surface area contributed by atoms with E-state index in [2.05, 4.69) is 9.71 Å². The van der Waals surface area contributed by atoms with Gasteiger partial charge in [-0.25, -0.2) is 22.9 Å². The summed E-state index contributed by atoms with van der Waals surface area (Å²) in [4.78, 5) is 14.4. The van der Waals surface area contributed by atoms with Crippen LogP contribution in [0.5, 0.6) is 0 Å². The lowest BCUT2D eigenvalue weighted by atomic mass is 10.4. The van der Waals surface area contributed by atoms with Gasteiger partial charge in [0.25, 0.3) is 10.0 Å². The Kier molecular flexibility index (Phi) is 3.67. The van der Waals surface area contributed by atoms with Crippen LogP contribution < -0.4 is 4.72 Å². The van der Waals surface area contributed by atoms with Gasteiger partial charge in [-0.15, -0.1) is 11.3 Å². The molecular formula is C9H12N2O4S3. The Morgan fingerprint density at radius 3 is 2.83 bits per heavy atom. The number of carboxylic acids is 1. The first-order valence-electron chi connectivity index (χ1n) is 5.12. The van der Waals surface area contributed by atoms with Gasteiger partial charge in [-0.2, -0.15) is 11.8 Å². The molecule has 1 saturated carbocycles. The Morgan fingerprint density at radius 2 is 2.33 bits per heavy atom. The third-order valence-electron chi connectivity index (χ3n) is 2.81. The first-order chi connectivity index (χ1) is 8.40. The molecule has 0 bridgehead atoms. The second kappa shape index (κ2) is 4.80. The van der Waals surface area contributed by atoms with Crippen molar-refractivity contribution in [1.82, 2.24) is 9.71 Å². The maximum absolute atomic E-state index is 12.0. The summed E-state index contributed by atoms with van der Waals surface area (Å²) < 4.78 is 26.2. The van der Waals surface area contributed by atoms with E-state index >= 15 is 0 Å². The number of thioether (sulfide) groups is 1. The van der Waals surface area contributed by atoms with Crippen LogP contribution in [0.2, 0.25) is 0 Å². The fourth-order valence-corrected chi connectivity index (χ4v) is 4.58. The SMILES string of the molecule is CSC1(CNS(=O)(=O)c2scnc2C(=O)O)CC1. The summed E-state index contributed by atoms with van der Waals surface area (Å²) in [6.45, 7) is 0.327. The Labute approximate surface area is 113 Å². The number of sulfonamides is 1. The molecule has 1 aromatic rings. The average Bonchev–Trinajstić information content (AvgIpc) is 2.91. The van der Waals surface area contributed by atoms with Gasteiger partial charge in [-0.1, -0.05) is 0 Å². The highest BCUT2D eigenvalue weighted by Crippen LogP contribution is 2.46. The summed E-state index contributed by atoms with van der Waals surface area (Å²) in [5, 5.41) is 8.85. The fraction of sp³-hybridized carbons (Fsp3) is 0.556. The van der Waals surface area contributed by atoms with E-state index in [-0.39, 0.29) is 8.96 Å². The van der Waals surface area contributed by atoms with Crippen molar-refractivity contribution < 1.29 is 18.3 Å². The van der Waals surface area contributed by atoms with Crippen molar-refractivity contribution in [2.75, 3.05) is 12.8 Å². The highest BCUT2D eigenvalue weighted by Gasteiger charge is 2.43. The number of nitrogens with one attached hydrogen (secondary N) is 1. The van der Waals surface area contributed by atoms with E-state index < -0.39 is 21.7 Å². The molecule has 1 aliphatic carbocycles. The highest BCUT2D eigenvalue weighted by atomic mass is 32.2. The minimum Gasteiger partial charge on any atom is -0.476 e. The van der Waals surface area contributed by atoms with Crippen LogP contribution in [0.3, 0.4) is 0 Å². The van der Waals surface area contributed by atoms with E-state index in [4.69, 9.17) is 5.11 Å². The maximum Gasteiger partial charge on any atom is 0.356 e. The largest absolute Gasteiger partial charge is 0.476 e. The van der Waals surface area contributed by atoms with Crippen LogP contribution in [0, 0.1) is 0 Å². The van der Waals surface area contributed by atoms with Crippen LogP contribution in [-0.2, 0) is 10.0 Å². The van der Waals surface area contributed by atoms with Crippen LogP contribution in [-0.4, -0.2) is 42.0 Å². The number of hydrogen-bond acceptors (Lipinski definition) is 6. The van der Waals surface area contributed by atoms with E-state index in [9.17, 15) is 13.2 Å². The molecule has 2 N–H and O–H groups in total. The molecule has 0 aromatic carbocycles. The number of carbonyl (C=O) groups is 1. The topological polar surface area (TPSA) is 96.4 Å². The second-order valence-corrected chi connectivity index (χ2v) is 8.10. The van der Waals surface area contributed by atoms with E-state index in [1.807, 2.05) is 6.26 Å². The zero-order chi connectivity index (χ0) is 13.4. The van der Waals surface area contributed by atoms with Crippen molar-refractivity contribution in [1.29, 1.82) is 0 Å². The number of nitrogens with zero attached hydrogens (tertiary/aromatic N) is 1. The fourth-order valence-electron chi connectivity index (χ4n) is 1.45. The molecule has 0 unspecified atom stereocenters. The molecular weight excluding hydrogens is 296 g/mol. The summed E-state index contributed by atoms with van der Waals surface area (Å²) in [6, 6.07) is 0. The number of rotatable bonds is 6. The first-order valence-corrected chi connectivity index (χ1v) is 8.71. The molecule has 0 aliphatic heterocycles. The number of carboxylic acid groups (broad SMARTS) is 1. The monoisotopic (exact) mass is 308 g/mol. The molecule has 100 valence electrons. The quantitative estimate of drug-likeness (QED) is 0.814. The maximum atomic E-state index is 12.0. The van der Waals surface area contributed by atoms with Gasteiger partial charge in [0.2, 0.25) is 0 Å². The van der Waals surface area contributed by atoms with Crippen molar-refractivity contribution in [3.05, 3.63) is 11.2 Å². The van der Waals surface area contributed by atoms with Crippen molar-refractivity contribution in [3.63, 3.8) is 0 Å². The van der Waals surface area contributed by atoms with Gasteiger partial charge in [-0.05, 0) is 19.1 Å². The van der Waals surface area contributed by atoms with Crippen molar-refractivity contribution in [3.8, 4) is 0 Å². The van der Waals surface area contributed by atoms with Crippen molar-refractivity contribution in [2.45, 2.75) is 21.8 Å². The molecule has 18 heavy (non-hydrogen) atoms. The van der Waals surface area contributed by atoms with E-state index in [0.717, 1.165) is 24.2 Å². The zero-order valence-corrected chi connectivity index (χ0v) is 12.0. The molecule has 0 amide bonds. The molecule has 0 atom stereocenters. The molecule has 2 rings (SSSR count). The molecule has 1 aromatic heterocycles. The van der Waals surface area contributed by atoms with Crippen LogP contribution in [0.15, 0.2) is 9.72 Å². The van der Waals surface area contributed by atoms with Gasteiger partial charge >= 0.3 is 5.97 Å². The summed E-state index contributed by atoms with van der Waals surface area (Å²) in [7, 11) is -3.78. The smallest absolute Gasteiger partial charge is 0.356 e. The Morgan fingerprint density at radius 1 is 1.67 bits per heavy atom. The van der Waals surface area contributed by atoms with Gasteiger partial charge in [0.1, 0.15) is 0 Å². The molecule has 0 spiro atoms. The third-order valence-corrected chi connectivity index (χ3v) is 7.00. The first kappa shape index (κ1) is 13.8. The number of hydrogen-bond donors (Lipinski definition) is 2. The minimum atomic E-state index is -3.78. The van der Waals surface area contributed by atoms with Crippen molar-refractivity contribution in [2.24, 2.45) is 0 Å². The molecule has 1 aliphatic rings. The molecule has 1 heterocycles. The second-order valence-electron chi connectivity index (χ2n) is 4.01. The van der Waals surface area contributed by atoms with Gasteiger partial charge in [0.15, 0.2) is 9.90 Å². The minimum absolute atomic E-state index is 0.0128. The van der Waals surface area contributed by atoms with E-state index in [1.54, 1.807) is 11.8 Å². The third kappa shape index (κ3) is 2.68. The number of aromatic carboxylic acids is 1. The molecule has 6 nitrogen and oxygen atoms in total. The summed E-state index contributed by atoms with van der Waals surface area (Å²) in [5.74, 6) is -1.33. The molecule has 0 radical (unpaired) electrons. The van der Waals surface area contributed by atoms with Crippen LogP contribution >= 0.6 is 23.1 Å². The lowest BCUT2D eigenvalue weighted by molar-refractivity contribution is 0.0687. The average molecular weight is 308 g/mol.